The van der Waals surface area contributed by atoms with Gasteiger partial charge in [0, 0.05) is 69.9 Å². The maximum atomic E-state index is 13.2. The van der Waals surface area contributed by atoms with Crippen LogP contribution < -0.4 is 19.7 Å². The zero-order valence-electron chi connectivity index (χ0n) is 22.1. The zero-order valence-corrected chi connectivity index (χ0v) is 22.1. The van der Waals surface area contributed by atoms with E-state index in [1.54, 1.807) is 41.6 Å². The van der Waals surface area contributed by atoms with Gasteiger partial charge in [-0.2, -0.15) is 4.98 Å². The number of nitro benzene ring substituents is 1. The molecule has 210 valence electrons. The lowest BCUT2D eigenvalue weighted by molar-refractivity contribution is -0.384. The van der Waals surface area contributed by atoms with E-state index in [4.69, 9.17) is 14.5 Å². The number of aromatic nitrogens is 4. The molecule has 1 amide bonds. The summed E-state index contributed by atoms with van der Waals surface area (Å²) in [5.41, 5.74) is 1.95. The van der Waals surface area contributed by atoms with Gasteiger partial charge in [-0.3, -0.25) is 24.4 Å². The van der Waals surface area contributed by atoms with Crippen molar-refractivity contribution in [2.75, 3.05) is 31.3 Å². The van der Waals surface area contributed by atoms with Crippen LogP contribution in [0.1, 0.15) is 17.5 Å². The second-order valence-electron chi connectivity index (χ2n) is 9.86. The summed E-state index contributed by atoms with van der Waals surface area (Å²) >= 11 is 0. The van der Waals surface area contributed by atoms with Gasteiger partial charge in [0.05, 0.1) is 11.0 Å². The summed E-state index contributed by atoms with van der Waals surface area (Å²) in [5, 5.41) is 14.1. The Morgan fingerprint density at radius 3 is 2.68 bits per heavy atom. The lowest BCUT2D eigenvalue weighted by Crippen LogP contribution is -2.54. The smallest absolute Gasteiger partial charge is 0.269 e. The summed E-state index contributed by atoms with van der Waals surface area (Å²) in [7, 11) is 0. The number of imidazole rings is 1. The third-order valence-electron chi connectivity index (χ3n) is 7.13. The van der Waals surface area contributed by atoms with Crippen LogP contribution in [0.25, 0.3) is 5.95 Å². The Morgan fingerprint density at radius 1 is 1.05 bits per heavy atom. The monoisotopic (exact) mass is 556 g/mol. The molecule has 1 fully saturated rings. The Hall–Kier alpha value is -5.04. The SMILES string of the molecule is O=C(CC1CN(Cc2ccc([N+](=O)[O-])cc2)CCN1c1ccnc(-n2ccnc2)n1)NCc1ccc2c(c1)OCO2. The van der Waals surface area contributed by atoms with E-state index in [0.717, 1.165) is 23.5 Å². The average molecular weight is 557 g/mol. The van der Waals surface area contributed by atoms with E-state index in [0.29, 0.717) is 43.6 Å². The molecule has 0 aliphatic carbocycles. The molecule has 2 aliphatic heterocycles. The molecule has 1 saturated heterocycles. The van der Waals surface area contributed by atoms with E-state index in [1.165, 1.54) is 12.1 Å². The summed E-state index contributed by atoms with van der Waals surface area (Å²) in [6, 6.07) is 13.9. The third kappa shape index (κ3) is 6.09. The number of piperazine rings is 1. The number of anilines is 1. The number of ether oxygens (including phenoxy) is 2. The number of carbonyl (C=O) groups is 1. The first-order chi connectivity index (χ1) is 20.0. The molecule has 0 radical (unpaired) electrons. The van der Waals surface area contributed by atoms with Crippen LogP contribution in [0, 0.1) is 10.1 Å². The maximum Gasteiger partial charge on any atom is 0.269 e. The molecule has 2 aromatic carbocycles. The van der Waals surface area contributed by atoms with E-state index in [-0.39, 0.29) is 30.9 Å². The van der Waals surface area contributed by atoms with E-state index >= 15 is 0 Å². The van der Waals surface area contributed by atoms with Crippen molar-refractivity contribution in [1.29, 1.82) is 0 Å². The number of hydrogen-bond acceptors (Lipinski definition) is 10. The van der Waals surface area contributed by atoms with Crippen LogP contribution in [0.2, 0.25) is 0 Å². The molecule has 1 N–H and O–H groups in total. The standard InChI is InChI=1S/C28H28N8O5/c37-27(31-15-21-3-6-24-25(13-21)41-19-40-24)14-23-17-33(16-20-1-4-22(5-2-20)36(38)39)11-12-35(23)26-7-8-30-28(32-26)34-10-9-29-18-34/h1-10,13,18,23H,11-12,14-17,19H2,(H,31,37). The van der Waals surface area contributed by atoms with Crippen molar-refractivity contribution in [2.45, 2.75) is 25.6 Å². The summed E-state index contributed by atoms with van der Waals surface area (Å²) < 4.78 is 12.6. The molecule has 2 aromatic heterocycles. The predicted molar refractivity (Wildman–Crippen MR) is 148 cm³/mol. The molecule has 4 aromatic rings. The molecular formula is C28H28N8O5. The lowest BCUT2D eigenvalue weighted by atomic mass is 10.1. The van der Waals surface area contributed by atoms with E-state index < -0.39 is 4.92 Å². The van der Waals surface area contributed by atoms with Gasteiger partial charge < -0.3 is 19.7 Å². The Morgan fingerprint density at radius 2 is 1.88 bits per heavy atom. The fraction of sp³-hybridized carbons (Fsp3) is 0.286. The number of nitrogens with one attached hydrogen (secondary N) is 1. The second kappa shape index (κ2) is 11.6. The topological polar surface area (TPSA) is 141 Å². The highest BCUT2D eigenvalue weighted by Crippen LogP contribution is 2.32. The van der Waals surface area contributed by atoms with Crippen LogP contribution >= 0.6 is 0 Å². The molecule has 4 heterocycles. The normalized spacial score (nSPS) is 16.5. The Labute approximate surface area is 235 Å². The number of hydrogen-bond donors (Lipinski definition) is 1. The van der Waals surface area contributed by atoms with Gasteiger partial charge in [-0.25, -0.2) is 9.97 Å². The minimum atomic E-state index is -0.402. The Balaban J connectivity index is 1.17. The molecule has 0 bridgehead atoms. The van der Waals surface area contributed by atoms with Crippen molar-refractivity contribution in [1.82, 2.24) is 29.7 Å². The molecule has 13 nitrogen and oxygen atoms in total. The number of nitrogens with zero attached hydrogens (tertiary/aromatic N) is 7. The highest BCUT2D eigenvalue weighted by atomic mass is 16.7. The Kier molecular flexibility index (Phi) is 7.41. The summed E-state index contributed by atoms with van der Waals surface area (Å²) in [6.07, 6.45) is 7.05. The number of carbonyl (C=O) groups excluding carboxylic acids is 1. The molecular weight excluding hydrogens is 528 g/mol. The van der Waals surface area contributed by atoms with Gasteiger partial charge in [0.25, 0.3) is 5.69 Å². The molecule has 2 aliphatic rings. The van der Waals surface area contributed by atoms with Crippen LogP contribution in [-0.2, 0) is 17.9 Å². The first kappa shape index (κ1) is 26.2. The number of benzene rings is 2. The summed E-state index contributed by atoms with van der Waals surface area (Å²) in [6.45, 7) is 3.17. The fourth-order valence-electron chi connectivity index (χ4n) is 5.06. The molecule has 41 heavy (non-hydrogen) atoms. The van der Waals surface area contributed by atoms with Gasteiger partial charge in [-0.1, -0.05) is 18.2 Å². The quantitative estimate of drug-likeness (QED) is 0.242. The van der Waals surface area contributed by atoms with Gasteiger partial charge in [0.15, 0.2) is 11.5 Å². The molecule has 13 heteroatoms. The van der Waals surface area contributed by atoms with Crippen molar-refractivity contribution in [3.05, 3.63) is 94.7 Å². The molecule has 1 unspecified atom stereocenters. The van der Waals surface area contributed by atoms with Crippen LogP contribution in [-0.4, -0.2) is 67.7 Å². The van der Waals surface area contributed by atoms with Crippen molar-refractivity contribution in [3.63, 3.8) is 0 Å². The number of amides is 1. The van der Waals surface area contributed by atoms with Gasteiger partial charge in [0.2, 0.25) is 18.6 Å². The Bertz CT molecular complexity index is 1530. The number of rotatable bonds is 9. The molecule has 0 spiro atoms. The minimum absolute atomic E-state index is 0.0630. The average Bonchev–Trinajstić information content (AvgIpc) is 3.69. The van der Waals surface area contributed by atoms with Crippen molar-refractivity contribution in [2.24, 2.45) is 0 Å². The van der Waals surface area contributed by atoms with Crippen LogP contribution in [0.5, 0.6) is 11.5 Å². The predicted octanol–water partition coefficient (Wildman–Crippen LogP) is 2.70. The highest BCUT2D eigenvalue weighted by molar-refractivity contribution is 5.77. The number of nitro groups is 1. The third-order valence-corrected chi connectivity index (χ3v) is 7.13. The number of non-ortho nitro benzene ring substituents is 1. The largest absolute Gasteiger partial charge is 0.454 e. The van der Waals surface area contributed by atoms with E-state index in [1.807, 2.05) is 24.3 Å². The summed E-state index contributed by atoms with van der Waals surface area (Å²) in [4.78, 5) is 41.4. The maximum absolute atomic E-state index is 13.2. The van der Waals surface area contributed by atoms with Gasteiger partial charge in [-0.15, -0.1) is 0 Å². The van der Waals surface area contributed by atoms with Crippen molar-refractivity contribution < 1.29 is 19.2 Å². The number of fused-ring (bicyclic) bond motifs is 1. The summed E-state index contributed by atoms with van der Waals surface area (Å²) in [5.74, 6) is 2.52. The van der Waals surface area contributed by atoms with Crippen LogP contribution in [0.3, 0.4) is 0 Å². The second-order valence-corrected chi connectivity index (χ2v) is 9.86. The molecule has 6 rings (SSSR count). The molecule has 0 saturated carbocycles. The van der Waals surface area contributed by atoms with Crippen molar-refractivity contribution >= 4 is 17.4 Å². The van der Waals surface area contributed by atoms with Crippen LogP contribution in [0.15, 0.2) is 73.4 Å². The van der Waals surface area contributed by atoms with Gasteiger partial charge in [-0.05, 0) is 29.3 Å². The highest BCUT2D eigenvalue weighted by Gasteiger charge is 2.30. The first-order valence-corrected chi connectivity index (χ1v) is 13.2. The fourth-order valence-corrected chi connectivity index (χ4v) is 5.06. The first-order valence-electron chi connectivity index (χ1n) is 13.2. The van der Waals surface area contributed by atoms with Crippen molar-refractivity contribution in [3.8, 4) is 17.4 Å². The zero-order chi connectivity index (χ0) is 28.2. The molecule has 1 atom stereocenters. The van der Waals surface area contributed by atoms with E-state index in [9.17, 15) is 14.9 Å². The van der Waals surface area contributed by atoms with Gasteiger partial charge in [0.1, 0.15) is 12.1 Å². The minimum Gasteiger partial charge on any atom is -0.454 e. The van der Waals surface area contributed by atoms with E-state index in [2.05, 4.69) is 25.1 Å². The van der Waals surface area contributed by atoms with Gasteiger partial charge >= 0.3 is 0 Å². The van der Waals surface area contributed by atoms with Crippen LogP contribution in [0.4, 0.5) is 11.5 Å². The lowest BCUT2D eigenvalue weighted by Gasteiger charge is -2.42.